The van der Waals surface area contributed by atoms with E-state index >= 15 is 0 Å². The topological polar surface area (TPSA) is 21.7 Å². The summed E-state index contributed by atoms with van der Waals surface area (Å²) < 4.78 is 15.0. The molecular weight excluding hydrogens is 710 g/mol. The van der Waals surface area contributed by atoms with E-state index in [4.69, 9.17) is 9.47 Å². The number of rotatable bonds is 5. The molecule has 2 aliphatic heterocycles. The number of ether oxygens (including phenoxy) is 2. The third kappa shape index (κ3) is 5.21. The van der Waals surface area contributed by atoms with Crippen LogP contribution in [0.5, 0.6) is 11.5 Å². The third-order valence-electron chi connectivity index (χ3n) is 11.1. The van der Waals surface area contributed by atoms with Crippen LogP contribution in [0.15, 0.2) is 112 Å². The Bertz CT molecular complexity index is 1960. The van der Waals surface area contributed by atoms with Crippen LogP contribution in [-0.4, -0.2) is 11.2 Å². The molecule has 0 aromatic heterocycles. The number of nitrogens with zero attached hydrogens (tertiary/aromatic N) is 1. The first-order chi connectivity index (χ1) is 22.1. The van der Waals surface area contributed by atoms with Gasteiger partial charge in [-0.05, 0) is 123 Å². The lowest BCUT2D eigenvalue weighted by molar-refractivity contribution is 0.0711. The van der Waals surface area contributed by atoms with Crippen molar-refractivity contribution >= 4 is 48.9 Å². The van der Waals surface area contributed by atoms with E-state index in [1.165, 1.54) is 16.7 Å². The van der Waals surface area contributed by atoms with Crippen molar-refractivity contribution in [3.05, 3.63) is 123 Å². The molecule has 0 atom stereocenters. The lowest BCUT2D eigenvalue weighted by Gasteiger charge is -2.33. The molecule has 7 rings (SSSR count). The fourth-order valence-corrected chi connectivity index (χ4v) is 7.29. The van der Waals surface area contributed by atoms with E-state index in [0.29, 0.717) is 0 Å². The van der Waals surface area contributed by atoms with E-state index < -0.39 is 0 Å². The van der Waals surface area contributed by atoms with Crippen molar-refractivity contribution in [2.45, 2.75) is 77.4 Å². The van der Waals surface area contributed by atoms with Crippen molar-refractivity contribution in [2.75, 3.05) is 4.90 Å². The van der Waals surface area contributed by atoms with Gasteiger partial charge in [-0.25, -0.2) is 0 Å². The fraction of sp³-hybridized carbons (Fsp3) is 0.286. The second-order valence-corrected chi connectivity index (χ2v) is 16.7. The lowest BCUT2D eigenvalue weighted by atomic mass is 9.73. The average molecular weight is 752 g/mol. The molecule has 0 amide bonds. The Morgan fingerprint density at radius 1 is 0.468 bits per heavy atom. The predicted molar refractivity (Wildman–Crippen MR) is 203 cm³/mol. The molecule has 0 aliphatic carbocycles. The van der Waals surface area contributed by atoms with Crippen molar-refractivity contribution < 1.29 is 9.47 Å². The normalized spacial score (nSPS) is 17.7. The van der Waals surface area contributed by atoms with Crippen LogP contribution in [0, 0.1) is 0 Å². The van der Waals surface area contributed by atoms with Crippen molar-refractivity contribution in [1.82, 2.24) is 0 Å². The van der Waals surface area contributed by atoms with Crippen molar-refractivity contribution in [2.24, 2.45) is 0 Å². The van der Waals surface area contributed by atoms with Crippen LogP contribution in [0.25, 0.3) is 22.3 Å². The summed E-state index contributed by atoms with van der Waals surface area (Å²) in [4.78, 5) is 2.36. The summed E-state index contributed by atoms with van der Waals surface area (Å²) in [7, 11) is 0. The molecule has 0 saturated carbocycles. The second kappa shape index (κ2) is 11.0. The van der Waals surface area contributed by atoms with Gasteiger partial charge in [0.05, 0.1) is 5.69 Å². The molecule has 0 radical (unpaired) electrons. The van der Waals surface area contributed by atoms with Gasteiger partial charge >= 0.3 is 0 Å². The fourth-order valence-electron chi connectivity index (χ4n) is 6.76. The van der Waals surface area contributed by atoms with Crippen LogP contribution in [-0.2, 0) is 10.8 Å². The van der Waals surface area contributed by atoms with E-state index in [2.05, 4.69) is 195 Å². The van der Waals surface area contributed by atoms with Gasteiger partial charge in [0.15, 0.2) is 0 Å². The van der Waals surface area contributed by atoms with Crippen molar-refractivity contribution in [3.8, 4) is 33.8 Å². The molecule has 0 N–H and O–H groups in total. The standard InChI is InChI=1S/C42H41Br2NO2/c1-39(2)34-23-26(10-21-37(34)46-41(39,5)6)27-9-20-33(28-11-22-38-35(24-28)40(3,4)42(7,8)47-38)36(25-27)45(31-16-12-29(43)13-17-31)32-18-14-30(44)15-19-32/h9-25H,1-8H3. The van der Waals surface area contributed by atoms with Gasteiger partial charge in [0.25, 0.3) is 0 Å². The molecule has 240 valence electrons. The van der Waals surface area contributed by atoms with Crippen LogP contribution in [0.1, 0.15) is 66.5 Å². The van der Waals surface area contributed by atoms with Crippen LogP contribution in [0.3, 0.4) is 0 Å². The first kappa shape index (κ1) is 32.0. The van der Waals surface area contributed by atoms with Crippen molar-refractivity contribution in [3.63, 3.8) is 0 Å². The van der Waals surface area contributed by atoms with E-state index in [-0.39, 0.29) is 22.0 Å². The quantitative estimate of drug-likeness (QED) is 0.179. The molecule has 0 unspecified atom stereocenters. The highest BCUT2D eigenvalue weighted by atomic mass is 79.9. The van der Waals surface area contributed by atoms with Crippen molar-refractivity contribution in [1.29, 1.82) is 0 Å². The first-order valence-electron chi connectivity index (χ1n) is 16.2. The minimum absolute atomic E-state index is 0.130. The molecule has 5 aromatic rings. The maximum Gasteiger partial charge on any atom is 0.124 e. The Morgan fingerprint density at radius 2 is 0.872 bits per heavy atom. The smallest absolute Gasteiger partial charge is 0.124 e. The first-order valence-corrected chi connectivity index (χ1v) is 17.8. The Morgan fingerprint density at radius 3 is 1.36 bits per heavy atom. The second-order valence-electron chi connectivity index (χ2n) is 14.9. The Kier molecular flexibility index (Phi) is 7.50. The van der Waals surface area contributed by atoms with Gasteiger partial charge in [0.1, 0.15) is 22.7 Å². The summed E-state index contributed by atoms with van der Waals surface area (Å²) in [6, 6.07) is 37.3. The number of fused-ring (bicyclic) bond motifs is 2. The highest BCUT2D eigenvalue weighted by Gasteiger charge is 2.49. The molecule has 0 bridgehead atoms. The summed E-state index contributed by atoms with van der Waals surface area (Å²) >= 11 is 7.31. The van der Waals surface area contributed by atoms with E-state index in [9.17, 15) is 0 Å². The Balaban J connectivity index is 1.46. The molecule has 0 spiro atoms. The van der Waals surface area contributed by atoms with Crippen LogP contribution >= 0.6 is 31.9 Å². The number of hydrogen-bond donors (Lipinski definition) is 0. The number of hydrogen-bond acceptors (Lipinski definition) is 3. The number of halogens is 2. The van der Waals surface area contributed by atoms with Crippen LogP contribution < -0.4 is 14.4 Å². The van der Waals surface area contributed by atoms with E-state index in [1.54, 1.807) is 0 Å². The minimum Gasteiger partial charge on any atom is -0.487 e. The number of benzene rings is 5. The zero-order valence-corrected chi connectivity index (χ0v) is 31.5. The molecule has 2 heterocycles. The molecule has 3 nitrogen and oxygen atoms in total. The van der Waals surface area contributed by atoms with E-state index in [1.807, 2.05) is 0 Å². The predicted octanol–water partition coefficient (Wildman–Crippen LogP) is 12.9. The molecule has 2 aliphatic rings. The summed E-state index contributed by atoms with van der Waals surface area (Å²) in [5, 5.41) is 0. The minimum atomic E-state index is -0.304. The summed E-state index contributed by atoms with van der Waals surface area (Å²) in [6.45, 7) is 17.8. The van der Waals surface area contributed by atoms with Gasteiger partial charge in [0.2, 0.25) is 0 Å². The zero-order valence-electron chi connectivity index (χ0n) is 28.3. The Hall–Kier alpha value is -3.54. The SMILES string of the molecule is CC1(C)Oc2ccc(-c3ccc(-c4ccc5c(c4)C(C)(C)C(C)(C)O5)c(N(c4ccc(Br)cc4)c4ccc(Br)cc4)c3)cc2C1(C)C. The maximum atomic E-state index is 6.45. The average Bonchev–Trinajstić information content (AvgIpc) is 3.33. The highest BCUT2D eigenvalue weighted by Crippen LogP contribution is 2.53. The van der Waals surface area contributed by atoms with Gasteiger partial charge < -0.3 is 14.4 Å². The van der Waals surface area contributed by atoms with Gasteiger partial charge in [-0.1, -0.05) is 83.8 Å². The van der Waals surface area contributed by atoms with Gasteiger partial charge in [-0.15, -0.1) is 0 Å². The molecule has 47 heavy (non-hydrogen) atoms. The Labute approximate surface area is 296 Å². The summed E-state index contributed by atoms with van der Waals surface area (Å²) in [5.41, 5.74) is 9.47. The molecule has 0 saturated heterocycles. The van der Waals surface area contributed by atoms with Gasteiger partial charge in [-0.3, -0.25) is 0 Å². The van der Waals surface area contributed by atoms with Gasteiger partial charge in [0, 0.05) is 47.8 Å². The zero-order chi connectivity index (χ0) is 33.5. The largest absolute Gasteiger partial charge is 0.487 e. The summed E-state index contributed by atoms with van der Waals surface area (Å²) in [5.74, 6) is 1.93. The molecule has 5 heteroatoms. The highest BCUT2D eigenvalue weighted by molar-refractivity contribution is 9.10. The monoisotopic (exact) mass is 749 g/mol. The maximum absolute atomic E-state index is 6.45. The van der Waals surface area contributed by atoms with Crippen LogP contribution in [0.4, 0.5) is 17.1 Å². The molecular formula is C42H41Br2NO2. The number of anilines is 3. The summed E-state index contributed by atoms with van der Waals surface area (Å²) in [6.07, 6.45) is 0. The van der Waals surface area contributed by atoms with Gasteiger partial charge in [-0.2, -0.15) is 0 Å². The lowest BCUT2D eigenvalue weighted by Crippen LogP contribution is -2.41. The van der Waals surface area contributed by atoms with E-state index in [0.717, 1.165) is 54.2 Å². The molecule has 0 fully saturated rings. The third-order valence-corrected chi connectivity index (χ3v) is 12.2. The van der Waals surface area contributed by atoms with Crippen LogP contribution in [0.2, 0.25) is 0 Å². The molecule has 5 aromatic carbocycles.